The third-order valence-electron chi connectivity index (χ3n) is 5.31. The first-order chi connectivity index (χ1) is 10.1. The van der Waals surface area contributed by atoms with Crippen molar-refractivity contribution in [2.45, 2.75) is 51.1 Å². The monoisotopic (exact) mass is 290 g/mol. The molecule has 1 aromatic rings. The molecule has 0 aromatic carbocycles. The van der Waals surface area contributed by atoms with Crippen molar-refractivity contribution in [3.05, 3.63) is 18.2 Å². The number of aromatic nitrogens is 2. The minimum atomic E-state index is 0.146. The fraction of sp³-hybridized carbons (Fsp3) is 0.750. The molecule has 21 heavy (non-hydrogen) atoms. The van der Waals surface area contributed by atoms with Crippen molar-refractivity contribution in [2.24, 2.45) is 7.05 Å². The lowest BCUT2D eigenvalue weighted by Crippen LogP contribution is -2.46. The van der Waals surface area contributed by atoms with Crippen LogP contribution in [0.2, 0.25) is 0 Å². The Morgan fingerprint density at radius 1 is 1.29 bits per heavy atom. The van der Waals surface area contributed by atoms with Crippen LogP contribution < -0.4 is 0 Å². The van der Waals surface area contributed by atoms with E-state index in [9.17, 15) is 4.79 Å². The number of nitrogens with zero attached hydrogens (tertiary/aromatic N) is 4. The molecule has 5 nitrogen and oxygen atoms in total. The molecule has 2 aliphatic heterocycles. The molecular formula is C16H26N4O. The number of carbonyl (C=O) groups excluding carboxylic acids is 1. The Morgan fingerprint density at radius 2 is 2.14 bits per heavy atom. The van der Waals surface area contributed by atoms with Gasteiger partial charge in [-0.05, 0) is 39.2 Å². The van der Waals surface area contributed by atoms with E-state index in [2.05, 4.69) is 33.3 Å². The van der Waals surface area contributed by atoms with E-state index in [1.807, 2.05) is 12.5 Å². The zero-order chi connectivity index (χ0) is 14.9. The van der Waals surface area contributed by atoms with Gasteiger partial charge in [0.15, 0.2) is 0 Å². The van der Waals surface area contributed by atoms with E-state index >= 15 is 0 Å². The second-order valence-corrected chi connectivity index (χ2v) is 6.49. The summed E-state index contributed by atoms with van der Waals surface area (Å²) in [5, 5.41) is 0. The molecule has 2 aliphatic rings. The Morgan fingerprint density at radius 3 is 2.86 bits per heavy atom. The molecule has 2 saturated heterocycles. The van der Waals surface area contributed by atoms with Gasteiger partial charge in [-0.25, -0.2) is 4.98 Å². The number of imidazole rings is 1. The molecule has 1 aromatic heterocycles. The highest BCUT2D eigenvalue weighted by Crippen LogP contribution is 2.38. The van der Waals surface area contributed by atoms with Crippen molar-refractivity contribution in [1.82, 2.24) is 19.4 Å². The lowest BCUT2D eigenvalue weighted by atomic mass is 9.88. The van der Waals surface area contributed by atoms with Gasteiger partial charge in [0, 0.05) is 44.8 Å². The van der Waals surface area contributed by atoms with E-state index in [4.69, 9.17) is 0 Å². The van der Waals surface area contributed by atoms with E-state index < -0.39 is 0 Å². The van der Waals surface area contributed by atoms with Crippen LogP contribution in [0.4, 0.5) is 0 Å². The Balaban J connectivity index is 1.67. The van der Waals surface area contributed by atoms with Crippen LogP contribution in [0.25, 0.3) is 0 Å². The normalized spacial score (nSPS) is 27.5. The van der Waals surface area contributed by atoms with E-state index in [0.717, 1.165) is 51.9 Å². The molecule has 116 valence electrons. The standard InChI is InChI=1S/C16H26N4O/c1-3-20-15(21)5-7-16(20)6-4-9-19(10-8-16)12-14-11-17-13-18(14)2/h11,13H,3-10,12H2,1-2H3. The Labute approximate surface area is 126 Å². The van der Waals surface area contributed by atoms with Crippen molar-refractivity contribution < 1.29 is 4.79 Å². The highest BCUT2D eigenvalue weighted by atomic mass is 16.2. The fourth-order valence-corrected chi connectivity index (χ4v) is 4.06. The lowest BCUT2D eigenvalue weighted by molar-refractivity contribution is -0.131. The average Bonchev–Trinajstić information content (AvgIpc) is 2.92. The third-order valence-corrected chi connectivity index (χ3v) is 5.31. The van der Waals surface area contributed by atoms with E-state index in [1.54, 1.807) is 0 Å². The molecule has 5 heteroatoms. The highest BCUT2D eigenvalue weighted by molar-refractivity contribution is 5.79. The number of likely N-dealkylation sites (tertiary alicyclic amines) is 2. The number of carbonyl (C=O) groups is 1. The molecule has 3 heterocycles. The van der Waals surface area contributed by atoms with E-state index in [1.165, 1.54) is 12.1 Å². The van der Waals surface area contributed by atoms with Gasteiger partial charge >= 0.3 is 0 Å². The molecule has 1 amide bonds. The first kappa shape index (κ1) is 14.6. The SMILES string of the molecule is CCN1C(=O)CCC12CCCN(Cc1cncn1C)CC2. The zero-order valence-electron chi connectivity index (χ0n) is 13.2. The number of rotatable bonds is 3. The molecule has 1 unspecified atom stereocenters. The summed E-state index contributed by atoms with van der Waals surface area (Å²) in [6.45, 7) is 6.14. The van der Waals surface area contributed by atoms with Crippen LogP contribution >= 0.6 is 0 Å². The van der Waals surface area contributed by atoms with Gasteiger partial charge in [0.25, 0.3) is 0 Å². The Kier molecular flexibility index (Phi) is 4.02. The van der Waals surface area contributed by atoms with Crippen LogP contribution in [-0.4, -0.2) is 50.4 Å². The van der Waals surface area contributed by atoms with E-state index in [0.29, 0.717) is 5.91 Å². The molecule has 1 atom stereocenters. The summed E-state index contributed by atoms with van der Waals surface area (Å²) in [5.41, 5.74) is 1.41. The summed E-state index contributed by atoms with van der Waals surface area (Å²) in [5.74, 6) is 0.359. The minimum absolute atomic E-state index is 0.146. The van der Waals surface area contributed by atoms with Crippen molar-refractivity contribution in [3.8, 4) is 0 Å². The number of amides is 1. The maximum Gasteiger partial charge on any atom is 0.223 e. The largest absolute Gasteiger partial charge is 0.337 e. The predicted octanol–water partition coefficient (Wildman–Crippen LogP) is 1.79. The molecule has 3 rings (SSSR count). The van der Waals surface area contributed by atoms with E-state index in [-0.39, 0.29) is 5.54 Å². The van der Waals surface area contributed by atoms with Gasteiger partial charge in [0.05, 0.1) is 12.0 Å². The van der Waals surface area contributed by atoms with Gasteiger partial charge < -0.3 is 9.47 Å². The highest BCUT2D eigenvalue weighted by Gasteiger charge is 2.44. The molecule has 0 saturated carbocycles. The van der Waals surface area contributed by atoms with Gasteiger partial charge in [-0.2, -0.15) is 0 Å². The summed E-state index contributed by atoms with van der Waals surface area (Å²) in [6.07, 6.45) is 9.08. The van der Waals surface area contributed by atoms with Crippen molar-refractivity contribution in [2.75, 3.05) is 19.6 Å². The summed E-state index contributed by atoms with van der Waals surface area (Å²) >= 11 is 0. The first-order valence-electron chi connectivity index (χ1n) is 8.13. The Bertz CT molecular complexity index is 512. The van der Waals surface area contributed by atoms with Gasteiger partial charge in [0.1, 0.15) is 0 Å². The van der Waals surface area contributed by atoms with Gasteiger partial charge in [-0.15, -0.1) is 0 Å². The first-order valence-corrected chi connectivity index (χ1v) is 8.13. The van der Waals surface area contributed by atoms with Crippen LogP contribution in [0.15, 0.2) is 12.5 Å². The predicted molar refractivity (Wildman–Crippen MR) is 81.7 cm³/mol. The third kappa shape index (κ3) is 2.71. The quantitative estimate of drug-likeness (QED) is 0.852. The van der Waals surface area contributed by atoms with Gasteiger partial charge in [-0.1, -0.05) is 0 Å². The van der Waals surface area contributed by atoms with Crippen LogP contribution in [-0.2, 0) is 18.4 Å². The fourth-order valence-electron chi connectivity index (χ4n) is 4.06. The minimum Gasteiger partial charge on any atom is -0.337 e. The van der Waals surface area contributed by atoms with Crippen molar-refractivity contribution >= 4 is 5.91 Å². The topological polar surface area (TPSA) is 41.4 Å². The molecule has 0 bridgehead atoms. The summed E-state index contributed by atoms with van der Waals surface area (Å²) in [6, 6.07) is 0. The molecular weight excluding hydrogens is 264 g/mol. The van der Waals surface area contributed by atoms with Crippen molar-refractivity contribution in [1.29, 1.82) is 0 Å². The molecule has 2 fully saturated rings. The average molecular weight is 290 g/mol. The number of hydrogen-bond acceptors (Lipinski definition) is 3. The maximum atomic E-state index is 12.1. The van der Waals surface area contributed by atoms with Crippen LogP contribution in [0.1, 0.15) is 44.7 Å². The number of aryl methyl sites for hydroxylation is 1. The van der Waals surface area contributed by atoms with Crippen LogP contribution in [0.5, 0.6) is 0 Å². The smallest absolute Gasteiger partial charge is 0.223 e. The molecule has 1 spiro atoms. The zero-order valence-corrected chi connectivity index (χ0v) is 13.2. The molecule has 0 N–H and O–H groups in total. The van der Waals surface area contributed by atoms with Crippen LogP contribution in [0.3, 0.4) is 0 Å². The molecule has 0 aliphatic carbocycles. The lowest BCUT2D eigenvalue weighted by Gasteiger charge is -2.37. The molecule has 0 radical (unpaired) electrons. The second-order valence-electron chi connectivity index (χ2n) is 6.49. The van der Waals surface area contributed by atoms with Gasteiger partial charge in [0.2, 0.25) is 5.91 Å². The maximum absolute atomic E-state index is 12.1. The summed E-state index contributed by atoms with van der Waals surface area (Å²) in [4.78, 5) is 20.9. The van der Waals surface area contributed by atoms with Crippen molar-refractivity contribution in [3.63, 3.8) is 0 Å². The number of hydrogen-bond donors (Lipinski definition) is 0. The van der Waals surface area contributed by atoms with Gasteiger partial charge in [-0.3, -0.25) is 9.69 Å². The Hall–Kier alpha value is -1.36. The van der Waals surface area contributed by atoms with Crippen LogP contribution in [0, 0.1) is 0 Å². The summed E-state index contributed by atoms with van der Waals surface area (Å²) < 4.78 is 2.10. The summed E-state index contributed by atoms with van der Waals surface area (Å²) in [7, 11) is 2.05. The second kappa shape index (κ2) is 5.79.